The molecule has 0 aliphatic rings. The van der Waals surface area contributed by atoms with Crippen molar-refractivity contribution in [1.29, 1.82) is 0 Å². The standard InChI is InChI=1S/C18H21ClN2O4S/c1-18(2,3)26(23,24)21-13-7-5-12(6-8-13)17(22)20-14-9-10-16(25-4)15(19)11-14/h5-11,21H,1-4H3,(H,20,22). The van der Waals surface area contributed by atoms with Gasteiger partial charge in [0.1, 0.15) is 5.75 Å². The summed E-state index contributed by atoms with van der Waals surface area (Å²) in [5, 5.41) is 3.11. The maximum atomic E-state index is 12.3. The Morgan fingerprint density at radius 1 is 1.04 bits per heavy atom. The second kappa shape index (κ2) is 7.55. The molecule has 6 nitrogen and oxygen atoms in total. The van der Waals surface area contributed by atoms with Gasteiger partial charge in [-0.25, -0.2) is 8.42 Å². The van der Waals surface area contributed by atoms with Crippen molar-refractivity contribution in [1.82, 2.24) is 0 Å². The first-order valence-electron chi connectivity index (χ1n) is 7.81. The van der Waals surface area contributed by atoms with Crippen LogP contribution in [-0.4, -0.2) is 26.2 Å². The van der Waals surface area contributed by atoms with E-state index in [2.05, 4.69) is 10.0 Å². The number of hydrogen-bond acceptors (Lipinski definition) is 4. The highest BCUT2D eigenvalue weighted by atomic mass is 35.5. The van der Waals surface area contributed by atoms with E-state index >= 15 is 0 Å². The normalized spacial score (nSPS) is 11.7. The summed E-state index contributed by atoms with van der Waals surface area (Å²) in [5.41, 5.74) is 1.30. The lowest BCUT2D eigenvalue weighted by molar-refractivity contribution is 0.102. The number of methoxy groups -OCH3 is 1. The molecule has 0 unspecified atom stereocenters. The monoisotopic (exact) mass is 396 g/mol. The highest BCUT2D eigenvalue weighted by Gasteiger charge is 2.28. The number of anilines is 2. The van der Waals surface area contributed by atoms with Gasteiger partial charge in [-0.1, -0.05) is 11.6 Å². The van der Waals surface area contributed by atoms with Crippen LogP contribution in [0.1, 0.15) is 31.1 Å². The van der Waals surface area contributed by atoms with Crippen LogP contribution in [0.3, 0.4) is 0 Å². The average molecular weight is 397 g/mol. The smallest absolute Gasteiger partial charge is 0.255 e. The first kappa shape index (κ1) is 20.1. The van der Waals surface area contributed by atoms with Crippen molar-refractivity contribution in [2.75, 3.05) is 17.1 Å². The van der Waals surface area contributed by atoms with Crippen LogP contribution in [0.25, 0.3) is 0 Å². The largest absolute Gasteiger partial charge is 0.495 e. The zero-order chi connectivity index (χ0) is 19.5. The van der Waals surface area contributed by atoms with Crippen molar-refractivity contribution >= 4 is 38.9 Å². The van der Waals surface area contributed by atoms with E-state index in [-0.39, 0.29) is 5.91 Å². The Bertz CT molecular complexity index is 904. The highest BCUT2D eigenvalue weighted by Crippen LogP contribution is 2.27. The fourth-order valence-electron chi connectivity index (χ4n) is 1.95. The van der Waals surface area contributed by atoms with Crippen LogP contribution in [0.15, 0.2) is 42.5 Å². The molecule has 2 aromatic rings. The van der Waals surface area contributed by atoms with E-state index in [1.54, 1.807) is 63.2 Å². The summed E-state index contributed by atoms with van der Waals surface area (Å²) in [7, 11) is -2.01. The van der Waals surface area contributed by atoms with Crippen molar-refractivity contribution in [2.24, 2.45) is 0 Å². The molecule has 0 aliphatic carbocycles. The Kier molecular flexibility index (Phi) is 5.83. The van der Waals surface area contributed by atoms with E-state index in [4.69, 9.17) is 16.3 Å². The van der Waals surface area contributed by atoms with Gasteiger partial charge in [-0.15, -0.1) is 0 Å². The van der Waals surface area contributed by atoms with Crippen LogP contribution in [0, 0.1) is 0 Å². The molecule has 0 aromatic heterocycles. The Labute approximate surface area is 158 Å². The van der Waals surface area contributed by atoms with Crippen molar-refractivity contribution < 1.29 is 17.9 Å². The van der Waals surface area contributed by atoms with Crippen molar-refractivity contribution in [3.05, 3.63) is 53.1 Å². The Morgan fingerprint density at radius 2 is 1.62 bits per heavy atom. The number of rotatable bonds is 5. The Balaban J connectivity index is 2.10. The summed E-state index contributed by atoms with van der Waals surface area (Å²) in [4.78, 5) is 12.3. The van der Waals surface area contributed by atoms with Crippen LogP contribution in [-0.2, 0) is 10.0 Å². The molecule has 2 aromatic carbocycles. The molecule has 8 heteroatoms. The quantitative estimate of drug-likeness (QED) is 0.795. The van der Waals surface area contributed by atoms with E-state index in [0.717, 1.165) is 0 Å². The molecule has 0 heterocycles. The lowest BCUT2D eigenvalue weighted by Crippen LogP contribution is -2.33. The predicted octanol–water partition coefficient (Wildman–Crippen LogP) is 4.14. The summed E-state index contributed by atoms with van der Waals surface area (Å²) in [6, 6.07) is 11.1. The number of nitrogens with one attached hydrogen (secondary N) is 2. The van der Waals surface area contributed by atoms with Gasteiger partial charge in [0.25, 0.3) is 5.91 Å². The fraction of sp³-hybridized carbons (Fsp3) is 0.278. The maximum Gasteiger partial charge on any atom is 0.255 e. The molecule has 0 radical (unpaired) electrons. The third-order valence-electron chi connectivity index (χ3n) is 3.62. The van der Waals surface area contributed by atoms with E-state index < -0.39 is 14.8 Å². The summed E-state index contributed by atoms with van der Waals surface area (Å²) >= 11 is 6.04. The minimum absolute atomic E-state index is 0.337. The summed E-state index contributed by atoms with van der Waals surface area (Å²) < 4.78 is 30.9. The minimum atomic E-state index is -3.52. The Hall–Kier alpha value is -2.25. The zero-order valence-corrected chi connectivity index (χ0v) is 16.5. The minimum Gasteiger partial charge on any atom is -0.495 e. The van der Waals surface area contributed by atoms with Gasteiger partial charge in [0.2, 0.25) is 10.0 Å². The molecule has 0 spiro atoms. The number of amides is 1. The van der Waals surface area contributed by atoms with Crippen LogP contribution in [0.4, 0.5) is 11.4 Å². The summed E-state index contributed by atoms with van der Waals surface area (Å²) in [6.45, 7) is 4.82. The third kappa shape index (κ3) is 4.68. The van der Waals surface area contributed by atoms with Gasteiger partial charge in [-0.2, -0.15) is 0 Å². The van der Waals surface area contributed by atoms with Gasteiger partial charge in [0, 0.05) is 16.9 Å². The molecule has 0 aliphatic heterocycles. The van der Waals surface area contributed by atoms with Crippen LogP contribution >= 0.6 is 11.6 Å². The summed E-state index contributed by atoms with van der Waals surface area (Å²) in [6.07, 6.45) is 0. The second-order valence-electron chi connectivity index (χ2n) is 6.60. The number of ether oxygens (including phenoxy) is 1. The molecule has 2 N–H and O–H groups in total. The number of hydrogen-bond donors (Lipinski definition) is 2. The summed E-state index contributed by atoms with van der Waals surface area (Å²) in [5.74, 6) is 0.177. The second-order valence-corrected chi connectivity index (χ2v) is 9.44. The van der Waals surface area contributed by atoms with Crippen molar-refractivity contribution in [2.45, 2.75) is 25.5 Å². The van der Waals surface area contributed by atoms with Crippen LogP contribution < -0.4 is 14.8 Å². The number of carbonyl (C=O) groups is 1. The van der Waals surface area contributed by atoms with Gasteiger partial charge in [0.15, 0.2) is 0 Å². The van der Waals surface area contributed by atoms with Gasteiger partial charge in [0.05, 0.1) is 16.9 Å². The first-order chi connectivity index (χ1) is 12.0. The first-order valence-corrected chi connectivity index (χ1v) is 9.67. The molecular weight excluding hydrogens is 376 g/mol. The van der Waals surface area contributed by atoms with E-state index in [0.29, 0.717) is 27.7 Å². The van der Waals surface area contributed by atoms with Crippen molar-refractivity contribution in [3.8, 4) is 5.75 Å². The fourth-order valence-corrected chi connectivity index (χ4v) is 2.96. The SMILES string of the molecule is COc1ccc(NC(=O)c2ccc(NS(=O)(=O)C(C)(C)C)cc2)cc1Cl. The molecule has 0 saturated carbocycles. The lowest BCUT2D eigenvalue weighted by Gasteiger charge is -2.20. The molecule has 2 rings (SSSR count). The zero-order valence-electron chi connectivity index (χ0n) is 15.0. The number of carbonyl (C=O) groups excluding carboxylic acids is 1. The predicted molar refractivity (Wildman–Crippen MR) is 105 cm³/mol. The number of sulfonamides is 1. The molecule has 1 amide bonds. The van der Waals surface area contributed by atoms with E-state index in [9.17, 15) is 13.2 Å². The molecule has 0 saturated heterocycles. The van der Waals surface area contributed by atoms with Crippen LogP contribution in [0.5, 0.6) is 5.75 Å². The van der Waals surface area contributed by atoms with Gasteiger partial charge in [-0.05, 0) is 63.2 Å². The average Bonchev–Trinajstić information content (AvgIpc) is 2.54. The number of halogens is 1. The third-order valence-corrected chi connectivity index (χ3v) is 6.03. The molecule has 0 fully saturated rings. The molecular formula is C18H21ClN2O4S. The highest BCUT2D eigenvalue weighted by molar-refractivity contribution is 7.94. The van der Waals surface area contributed by atoms with E-state index in [1.807, 2.05) is 0 Å². The van der Waals surface area contributed by atoms with E-state index in [1.165, 1.54) is 7.11 Å². The van der Waals surface area contributed by atoms with Crippen LogP contribution in [0.2, 0.25) is 5.02 Å². The topological polar surface area (TPSA) is 84.5 Å². The molecule has 0 bridgehead atoms. The molecule has 26 heavy (non-hydrogen) atoms. The maximum absolute atomic E-state index is 12.3. The van der Waals surface area contributed by atoms with Gasteiger partial charge in [-0.3, -0.25) is 9.52 Å². The van der Waals surface area contributed by atoms with Crippen molar-refractivity contribution in [3.63, 3.8) is 0 Å². The number of benzene rings is 2. The Morgan fingerprint density at radius 3 is 2.12 bits per heavy atom. The molecule has 0 atom stereocenters. The lowest BCUT2D eigenvalue weighted by atomic mass is 10.2. The van der Waals surface area contributed by atoms with Gasteiger partial charge >= 0.3 is 0 Å². The van der Waals surface area contributed by atoms with Gasteiger partial charge < -0.3 is 10.1 Å². The molecule has 140 valence electrons.